The largest absolute Gasteiger partial charge is 0.461 e. The van der Waals surface area contributed by atoms with Gasteiger partial charge >= 0.3 is 0 Å². The van der Waals surface area contributed by atoms with E-state index in [-0.39, 0.29) is 0 Å². The Morgan fingerprint density at radius 1 is 1.10 bits per heavy atom. The molecular formula is C18H18O2. The summed E-state index contributed by atoms with van der Waals surface area (Å²) in [5, 5.41) is 1.18. The first-order chi connectivity index (χ1) is 9.63. The van der Waals surface area contributed by atoms with Gasteiger partial charge in [-0.1, -0.05) is 18.6 Å². The van der Waals surface area contributed by atoms with Crippen LogP contribution in [0.4, 0.5) is 0 Å². The SMILES string of the molecule is Cc1ccc2oc3c(c2c1)-c1oc(C)cc1C(C)CC3. The fraction of sp³-hybridized carbons (Fsp3) is 0.333. The summed E-state index contributed by atoms with van der Waals surface area (Å²) in [6, 6.07) is 8.55. The number of aryl methyl sites for hydroxylation is 3. The fourth-order valence-electron chi connectivity index (χ4n) is 3.29. The van der Waals surface area contributed by atoms with E-state index in [4.69, 9.17) is 8.83 Å². The molecule has 4 rings (SSSR count). The van der Waals surface area contributed by atoms with Crippen LogP contribution in [0.5, 0.6) is 0 Å². The number of rotatable bonds is 0. The van der Waals surface area contributed by atoms with Crippen LogP contribution < -0.4 is 0 Å². The highest BCUT2D eigenvalue weighted by Crippen LogP contribution is 2.44. The second-order valence-electron chi connectivity index (χ2n) is 5.98. The Labute approximate surface area is 118 Å². The molecule has 2 heteroatoms. The average molecular weight is 266 g/mol. The fourth-order valence-corrected chi connectivity index (χ4v) is 3.29. The van der Waals surface area contributed by atoms with Crippen LogP contribution >= 0.6 is 0 Å². The maximum absolute atomic E-state index is 6.08. The highest BCUT2D eigenvalue weighted by molar-refractivity contribution is 5.96. The van der Waals surface area contributed by atoms with Crippen molar-refractivity contribution >= 4 is 11.0 Å². The number of hydrogen-bond acceptors (Lipinski definition) is 2. The standard InChI is InChI=1S/C18H18O2/c1-10-4-6-15-14(8-10)17-16(20-15)7-5-11(2)13-9-12(3)19-18(13)17/h4,6,8-9,11H,5,7H2,1-3H3. The second kappa shape index (κ2) is 4.02. The van der Waals surface area contributed by atoms with Gasteiger partial charge in [-0.05, 0) is 44.4 Å². The first-order valence-electron chi connectivity index (χ1n) is 7.26. The summed E-state index contributed by atoms with van der Waals surface area (Å²) < 4.78 is 12.1. The number of hydrogen-bond donors (Lipinski definition) is 0. The highest BCUT2D eigenvalue weighted by Gasteiger charge is 2.28. The molecule has 102 valence electrons. The monoisotopic (exact) mass is 266 g/mol. The van der Waals surface area contributed by atoms with Gasteiger partial charge < -0.3 is 8.83 Å². The molecule has 2 heterocycles. The van der Waals surface area contributed by atoms with Crippen molar-refractivity contribution in [1.29, 1.82) is 0 Å². The molecule has 2 aromatic heterocycles. The molecule has 1 aliphatic carbocycles. The van der Waals surface area contributed by atoms with Crippen LogP contribution in [0.1, 0.15) is 41.9 Å². The zero-order chi connectivity index (χ0) is 13.9. The van der Waals surface area contributed by atoms with Crippen LogP contribution in [-0.2, 0) is 6.42 Å². The average Bonchev–Trinajstić information content (AvgIpc) is 2.92. The van der Waals surface area contributed by atoms with Crippen LogP contribution in [0.15, 0.2) is 33.1 Å². The van der Waals surface area contributed by atoms with Crippen molar-refractivity contribution in [3.05, 3.63) is 46.9 Å². The quantitative estimate of drug-likeness (QED) is 0.547. The molecule has 0 bridgehead atoms. The summed E-state index contributed by atoms with van der Waals surface area (Å²) in [6.45, 7) is 6.41. The topological polar surface area (TPSA) is 26.3 Å². The molecule has 20 heavy (non-hydrogen) atoms. The van der Waals surface area contributed by atoms with Crippen LogP contribution in [0.25, 0.3) is 22.3 Å². The molecule has 0 N–H and O–H groups in total. The van der Waals surface area contributed by atoms with E-state index < -0.39 is 0 Å². The van der Waals surface area contributed by atoms with Gasteiger partial charge in [0.1, 0.15) is 22.9 Å². The Kier molecular flexibility index (Phi) is 2.38. The third-order valence-corrected chi connectivity index (χ3v) is 4.36. The summed E-state index contributed by atoms with van der Waals surface area (Å²) in [7, 11) is 0. The van der Waals surface area contributed by atoms with Crippen molar-refractivity contribution in [3.8, 4) is 11.3 Å². The molecule has 0 aliphatic heterocycles. The number of furan rings is 2. The third-order valence-electron chi connectivity index (χ3n) is 4.36. The van der Waals surface area contributed by atoms with E-state index in [9.17, 15) is 0 Å². The van der Waals surface area contributed by atoms with Crippen LogP contribution in [0.3, 0.4) is 0 Å². The van der Waals surface area contributed by atoms with Gasteiger partial charge in [-0.25, -0.2) is 0 Å². The van der Waals surface area contributed by atoms with E-state index in [0.717, 1.165) is 35.7 Å². The molecule has 1 aromatic carbocycles. The molecule has 2 nitrogen and oxygen atoms in total. The van der Waals surface area contributed by atoms with Crippen LogP contribution in [0, 0.1) is 13.8 Å². The zero-order valence-electron chi connectivity index (χ0n) is 12.1. The minimum Gasteiger partial charge on any atom is -0.461 e. The molecule has 0 amide bonds. The Morgan fingerprint density at radius 2 is 1.95 bits per heavy atom. The zero-order valence-corrected chi connectivity index (χ0v) is 12.1. The van der Waals surface area contributed by atoms with E-state index >= 15 is 0 Å². The van der Waals surface area contributed by atoms with E-state index in [1.54, 1.807) is 0 Å². The normalized spacial score (nSPS) is 17.9. The van der Waals surface area contributed by atoms with Gasteiger partial charge in [0, 0.05) is 17.4 Å². The molecule has 1 atom stereocenters. The van der Waals surface area contributed by atoms with Crippen molar-refractivity contribution in [1.82, 2.24) is 0 Å². The summed E-state index contributed by atoms with van der Waals surface area (Å²) in [5.41, 5.74) is 4.72. The molecule has 3 aromatic rings. The molecule has 0 fully saturated rings. The van der Waals surface area contributed by atoms with Crippen molar-refractivity contribution in [2.24, 2.45) is 0 Å². The predicted octanol–water partition coefficient (Wildman–Crippen LogP) is 5.36. The summed E-state index contributed by atoms with van der Waals surface area (Å²) in [4.78, 5) is 0. The van der Waals surface area contributed by atoms with Gasteiger partial charge in [0.25, 0.3) is 0 Å². The lowest BCUT2D eigenvalue weighted by Crippen LogP contribution is -1.91. The van der Waals surface area contributed by atoms with Crippen LogP contribution in [0.2, 0.25) is 0 Å². The molecule has 0 saturated carbocycles. The highest BCUT2D eigenvalue weighted by atomic mass is 16.4. The van der Waals surface area contributed by atoms with E-state index in [2.05, 4.69) is 38.1 Å². The Bertz CT molecular complexity index is 804. The molecule has 1 aliphatic rings. The first kappa shape index (κ1) is 11.8. The smallest absolute Gasteiger partial charge is 0.141 e. The number of fused-ring (bicyclic) bond motifs is 5. The lowest BCUT2D eigenvalue weighted by atomic mass is 9.97. The summed E-state index contributed by atoms with van der Waals surface area (Å²) >= 11 is 0. The summed E-state index contributed by atoms with van der Waals surface area (Å²) in [5.74, 6) is 3.60. The third kappa shape index (κ3) is 1.57. The molecular weight excluding hydrogens is 248 g/mol. The maximum Gasteiger partial charge on any atom is 0.141 e. The van der Waals surface area contributed by atoms with E-state index in [1.165, 1.54) is 22.1 Å². The maximum atomic E-state index is 6.08. The molecule has 0 saturated heterocycles. The van der Waals surface area contributed by atoms with E-state index in [0.29, 0.717) is 5.92 Å². The second-order valence-corrected chi connectivity index (χ2v) is 5.98. The van der Waals surface area contributed by atoms with Crippen molar-refractivity contribution in [2.75, 3.05) is 0 Å². The van der Waals surface area contributed by atoms with Gasteiger partial charge in [0.2, 0.25) is 0 Å². The number of benzene rings is 1. The van der Waals surface area contributed by atoms with Gasteiger partial charge in [0.15, 0.2) is 0 Å². The minimum absolute atomic E-state index is 0.518. The first-order valence-corrected chi connectivity index (χ1v) is 7.26. The van der Waals surface area contributed by atoms with Crippen molar-refractivity contribution in [3.63, 3.8) is 0 Å². The summed E-state index contributed by atoms with van der Waals surface area (Å²) in [6.07, 6.45) is 2.09. The molecule has 0 radical (unpaired) electrons. The van der Waals surface area contributed by atoms with Crippen LogP contribution in [-0.4, -0.2) is 0 Å². The van der Waals surface area contributed by atoms with Gasteiger partial charge in [0.05, 0.1) is 5.56 Å². The minimum atomic E-state index is 0.518. The van der Waals surface area contributed by atoms with Gasteiger partial charge in [-0.2, -0.15) is 0 Å². The Morgan fingerprint density at radius 3 is 2.80 bits per heavy atom. The van der Waals surface area contributed by atoms with Crippen molar-refractivity contribution in [2.45, 2.75) is 39.5 Å². The van der Waals surface area contributed by atoms with Crippen molar-refractivity contribution < 1.29 is 8.83 Å². The van der Waals surface area contributed by atoms with Gasteiger partial charge in [-0.15, -0.1) is 0 Å². The Hall–Kier alpha value is -1.96. The van der Waals surface area contributed by atoms with Gasteiger partial charge in [-0.3, -0.25) is 0 Å². The predicted molar refractivity (Wildman–Crippen MR) is 80.1 cm³/mol. The molecule has 1 unspecified atom stereocenters. The lowest BCUT2D eigenvalue weighted by molar-refractivity contribution is 0.526. The Balaban J connectivity index is 2.10. The lowest BCUT2D eigenvalue weighted by Gasteiger charge is -2.06. The molecule has 0 spiro atoms. The van der Waals surface area contributed by atoms with E-state index in [1.807, 2.05) is 6.92 Å².